The molecule has 2 aromatic carbocycles. The Morgan fingerprint density at radius 1 is 0.885 bits per heavy atom. The van der Waals surface area contributed by atoms with E-state index in [9.17, 15) is 8.42 Å². The van der Waals surface area contributed by atoms with Crippen molar-refractivity contribution >= 4 is 15.7 Å². The number of aryl methyl sites for hydroxylation is 1. The molecule has 1 heterocycles. The number of nitrogens with zero attached hydrogens (tertiary/aromatic N) is 1. The first-order valence-corrected chi connectivity index (χ1v) is 11.0. The van der Waals surface area contributed by atoms with Crippen LogP contribution in [0.1, 0.15) is 37.3 Å². The van der Waals surface area contributed by atoms with Crippen molar-refractivity contribution in [3.8, 4) is 0 Å². The average Bonchev–Trinajstić information content (AvgIpc) is 3.18. The molecule has 1 N–H and O–H groups in total. The molecule has 26 heavy (non-hydrogen) atoms. The van der Waals surface area contributed by atoms with Crippen LogP contribution in [0.5, 0.6) is 0 Å². The minimum Gasteiger partial charge on any atom is -0.372 e. The lowest BCUT2D eigenvalue weighted by Gasteiger charge is -2.17. The zero-order valence-corrected chi connectivity index (χ0v) is 16.3. The second kappa shape index (κ2) is 8.69. The first-order valence-electron chi connectivity index (χ1n) is 9.51. The van der Waals surface area contributed by atoms with Gasteiger partial charge in [-0.15, -0.1) is 0 Å². The lowest BCUT2D eigenvalue weighted by Crippen LogP contribution is -2.26. The number of hydrogen-bond acceptors (Lipinski definition) is 3. The number of hydrogen-bond donors (Lipinski definition) is 1. The molecule has 4 nitrogen and oxygen atoms in total. The lowest BCUT2D eigenvalue weighted by atomic mass is 10.1. The van der Waals surface area contributed by atoms with Crippen LogP contribution < -0.4 is 9.62 Å². The first kappa shape index (κ1) is 18.9. The van der Waals surface area contributed by atoms with Crippen LogP contribution >= 0.6 is 0 Å². The molecule has 0 saturated carbocycles. The summed E-state index contributed by atoms with van der Waals surface area (Å²) < 4.78 is 27.5. The smallest absolute Gasteiger partial charge is 0.240 e. The van der Waals surface area contributed by atoms with Crippen LogP contribution in [-0.2, 0) is 22.9 Å². The second-order valence-corrected chi connectivity index (χ2v) is 8.67. The number of benzene rings is 2. The highest BCUT2D eigenvalue weighted by atomic mass is 32.2. The van der Waals surface area contributed by atoms with Crippen molar-refractivity contribution in [3.63, 3.8) is 0 Å². The third-order valence-corrected chi connectivity index (χ3v) is 6.36. The third-order valence-electron chi connectivity index (χ3n) is 4.89. The summed E-state index contributed by atoms with van der Waals surface area (Å²) in [4.78, 5) is 2.73. The van der Waals surface area contributed by atoms with Crippen LogP contribution in [0.25, 0.3) is 0 Å². The van der Waals surface area contributed by atoms with E-state index in [1.807, 2.05) is 12.1 Å². The molecule has 0 unspecified atom stereocenters. The quantitative estimate of drug-likeness (QED) is 0.767. The minimum absolute atomic E-state index is 0.335. The van der Waals surface area contributed by atoms with Crippen molar-refractivity contribution < 1.29 is 8.42 Å². The molecule has 0 aliphatic carbocycles. The van der Waals surface area contributed by atoms with Gasteiger partial charge >= 0.3 is 0 Å². The van der Waals surface area contributed by atoms with E-state index >= 15 is 0 Å². The van der Waals surface area contributed by atoms with E-state index in [4.69, 9.17) is 0 Å². The number of rotatable bonds is 8. The Bertz CT molecular complexity index is 793. The van der Waals surface area contributed by atoms with E-state index in [1.54, 1.807) is 12.1 Å². The molecule has 1 aliphatic heterocycles. The molecule has 2 aromatic rings. The fourth-order valence-corrected chi connectivity index (χ4v) is 4.42. The average molecular weight is 373 g/mol. The van der Waals surface area contributed by atoms with Gasteiger partial charge in [-0.05, 0) is 61.1 Å². The van der Waals surface area contributed by atoms with Gasteiger partial charge in [0.1, 0.15) is 0 Å². The zero-order valence-electron chi connectivity index (χ0n) is 15.4. The summed E-state index contributed by atoms with van der Waals surface area (Å²) in [7, 11) is -3.44. The predicted molar refractivity (Wildman–Crippen MR) is 107 cm³/mol. The summed E-state index contributed by atoms with van der Waals surface area (Å²) in [6, 6.07) is 15.7. The van der Waals surface area contributed by atoms with Gasteiger partial charge in [-0.2, -0.15) is 0 Å². The minimum atomic E-state index is -3.44. The molecule has 0 atom stereocenters. The third kappa shape index (κ3) is 4.86. The molecule has 3 rings (SSSR count). The van der Waals surface area contributed by atoms with Gasteiger partial charge in [-0.3, -0.25) is 0 Å². The van der Waals surface area contributed by atoms with Gasteiger partial charge < -0.3 is 4.90 Å². The van der Waals surface area contributed by atoms with E-state index < -0.39 is 10.0 Å². The largest absolute Gasteiger partial charge is 0.372 e. The standard InChI is InChI=1S/C21H28N2O2S/c1-2-5-18-8-12-21(13-9-18)26(24,25)22-15-14-19-6-10-20(11-7-19)23-16-3-4-17-23/h6-13,22H,2-5,14-17H2,1H3. The maximum absolute atomic E-state index is 12.4. The van der Waals surface area contributed by atoms with E-state index in [0.29, 0.717) is 17.9 Å². The van der Waals surface area contributed by atoms with Gasteiger partial charge in [-0.1, -0.05) is 37.6 Å². The monoisotopic (exact) mass is 372 g/mol. The lowest BCUT2D eigenvalue weighted by molar-refractivity contribution is 0.581. The van der Waals surface area contributed by atoms with Crippen LogP contribution in [0.4, 0.5) is 5.69 Å². The van der Waals surface area contributed by atoms with Crippen molar-refractivity contribution in [3.05, 3.63) is 59.7 Å². The van der Waals surface area contributed by atoms with Crippen LogP contribution in [0.3, 0.4) is 0 Å². The highest BCUT2D eigenvalue weighted by molar-refractivity contribution is 7.89. The topological polar surface area (TPSA) is 49.4 Å². The number of nitrogens with one attached hydrogen (secondary N) is 1. The molecule has 0 radical (unpaired) electrons. The SMILES string of the molecule is CCCc1ccc(S(=O)(=O)NCCc2ccc(N3CCCC3)cc2)cc1. The normalized spacial score (nSPS) is 14.7. The molecule has 140 valence electrons. The molecular formula is C21H28N2O2S. The van der Waals surface area contributed by atoms with Gasteiger partial charge in [-0.25, -0.2) is 13.1 Å². The summed E-state index contributed by atoms with van der Waals surface area (Å²) >= 11 is 0. The molecule has 0 aromatic heterocycles. The Labute approximate surface area is 157 Å². The molecular weight excluding hydrogens is 344 g/mol. The predicted octanol–water partition coefficient (Wildman–Crippen LogP) is 3.76. The Balaban J connectivity index is 1.53. The molecule has 0 amide bonds. The summed E-state index contributed by atoms with van der Waals surface area (Å²) in [6.45, 7) is 4.79. The second-order valence-electron chi connectivity index (χ2n) is 6.90. The van der Waals surface area contributed by atoms with E-state index in [0.717, 1.165) is 31.5 Å². The van der Waals surface area contributed by atoms with Gasteiger partial charge in [0.15, 0.2) is 0 Å². The van der Waals surface area contributed by atoms with Crippen LogP contribution in [0, 0.1) is 0 Å². The van der Waals surface area contributed by atoms with Crippen molar-refractivity contribution in [2.24, 2.45) is 0 Å². The highest BCUT2D eigenvalue weighted by Gasteiger charge is 2.14. The summed E-state index contributed by atoms with van der Waals surface area (Å²) in [5.74, 6) is 0. The maximum Gasteiger partial charge on any atom is 0.240 e. The summed E-state index contributed by atoms with van der Waals surface area (Å²) in [5, 5.41) is 0. The molecule has 0 spiro atoms. The highest BCUT2D eigenvalue weighted by Crippen LogP contribution is 2.20. The Morgan fingerprint density at radius 3 is 2.08 bits per heavy atom. The molecule has 1 saturated heterocycles. The summed E-state index contributed by atoms with van der Waals surface area (Å²) in [5.41, 5.74) is 3.58. The van der Waals surface area contributed by atoms with E-state index in [1.165, 1.54) is 24.1 Å². The van der Waals surface area contributed by atoms with Crippen LogP contribution in [-0.4, -0.2) is 28.1 Å². The number of anilines is 1. The van der Waals surface area contributed by atoms with E-state index in [2.05, 4.69) is 40.8 Å². The first-order chi connectivity index (χ1) is 12.6. The zero-order chi connectivity index (χ0) is 18.4. The fraction of sp³-hybridized carbons (Fsp3) is 0.429. The van der Waals surface area contributed by atoms with Gasteiger partial charge in [0.05, 0.1) is 4.90 Å². The summed E-state index contributed by atoms with van der Waals surface area (Å²) in [6.07, 6.45) is 5.25. The maximum atomic E-state index is 12.4. The van der Waals surface area contributed by atoms with Gasteiger partial charge in [0, 0.05) is 25.3 Å². The van der Waals surface area contributed by atoms with Crippen molar-refractivity contribution in [2.45, 2.75) is 43.9 Å². The van der Waals surface area contributed by atoms with Crippen molar-refractivity contribution in [1.82, 2.24) is 4.72 Å². The Morgan fingerprint density at radius 2 is 1.46 bits per heavy atom. The van der Waals surface area contributed by atoms with E-state index in [-0.39, 0.29) is 0 Å². The Hall–Kier alpha value is -1.85. The van der Waals surface area contributed by atoms with Crippen molar-refractivity contribution in [2.75, 3.05) is 24.5 Å². The van der Waals surface area contributed by atoms with Gasteiger partial charge in [0.2, 0.25) is 10.0 Å². The molecule has 1 fully saturated rings. The van der Waals surface area contributed by atoms with Crippen molar-refractivity contribution in [1.29, 1.82) is 0 Å². The molecule has 5 heteroatoms. The number of sulfonamides is 1. The Kier molecular flexibility index (Phi) is 6.33. The van der Waals surface area contributed by atoms with Crippen LogP contribution in [0.15, 0.2) is 53.4 Å². The van der Waals surface area contributed by atoms with Gasteiger partial charge in [0.25, 0.3) is 0 Å². The van der Waals surface area contributed by atoms with Crippen LogP contribution in [0.2, 0.25) is 0 Å². The molecule has 1 aliphatic rings. The molecule has 0 bridgehead atoms. The fourth-order valence-electron chi connectivity index (χ4n) is 3.39.